The monoisotopic (exact) mass is 455 g/mol. The summed E-state index contributed by atoms with van der Waals surface area (Å²) in [4.78, 5) is 28.9. The molecule has 1 aromatic heterocycles. The van der Waals surface area contributed by atoms with Crippen LogP contribution in [0.5, 0.6) is 5.75 Å². The van der Waals surface area contributed by atoms with Gasteiger partial charge in [-0.1, -0.05) is 29.8 Å². The Bertz CT molecular complexity index is 1100. The second-order valence-corrected chi connectivity index (χ2v) is 7.91. The lowest BCUT2D eigenvalue weighted by molar-refractivity contribution is -0.121. The molecule has 0 saturated carbocycles. The molecule has 0 radical (unpaired) electrons. The molecule has 0 atom stereocenters. The summed E-state index contributed by atoms with van der Waals surface area (Å²) in [5.41, 5.74) is 1.48. The number of aromatic amines is 1. The Balaban J connectivity index is 1.55. The lowest BCUT2D eigenvalue weighted by Gasteiger charge is -2.10. The van der Waals surface area contributed by atoms with E-state index in [1.54, 1.807) is 24.3 Å². The summed E-state index contributed by atoms with van der Waals surface area (Å²) >= 11 is 6.14. The van der Waals surface area contributed by atoms with Crippen molar-refractivity contribution in [1.82, 2.24) is 25.4 Å². The van der Waals surface area contributed by atoms with E-state index in [-0.39, 0.29) is 30.0 Å². The number of carbonyl (C=O) groups excluding carboxylic acids is 1. The number of aromatic nitrogens is 3. The first-order valence-electron chi connectivity index (χ1n) is 10.3. The Morgan fingerprint density at radius 1 is 1.12 bits per heavy atom. The number of nitrogens with zero attached hydrogens (tertiary/aromatic N) is 3. The van der Waals surface area contributed by atoms with Crippen LogP contribution in [0.25, 0.3) is 11.4 Å². The number of likely N-dealkylation sites (N-methyl/N-ethyl adjacent to an activating group) is 1. The number of hydrogen-bond donors (Lipinski definition) is 2. The molecule has 0 unspecified atom stereocenters. The van der Waals surface area contributed by atoms with Crippen molar-refractivity contribution in [2.24, 2.45) is 0 Å². The number of rotatable bonds is 10. The topological polar surface area (TPSA) is 100 Å². The highest BCUT2D eigenvalue weighted by atomic mass is 35.5. The largest absolute Gasteiger partial charge is 0.489 e. The molecule has 1 heterocycles. The number of hydrogen-bond acceptors (Lipinski definition) is 6. The van der Waals surface area contributed by atoms with E-state index in [1.807, 2.05) is 43.3 Å². The normalized spacial score (nSPS) is 10.9. The summed E-state index contributed by atoms with van der Waals surface area (Å²) in [6.07, 6.45) is 0.410. The first-order chi connectivity index (χ1) is 15.4. The van der Waals surface area contributed by atoms with E-state index in [2.05, 4.69) is 20.5 Å². The average molecular weight is 456 g/mol. The summed E-state index contributed by atoms with van der Waals surface area (Å²) in [6.45, 7) is 1.67. The molecule has 2 aromatic carbocycles. The first-order valence-corrected chi connectivity index (χ1v) is 10.6. The van der Waals surface area contributed by atoms with Crippen molar-refractivity contribution in [3.05, 3.63) is 75.2 Å². The van der Waals surface area contributed by atoms with Crippen LogP contribution in [0.2, 0.25) is 5.02 Å². The van der Waals surface area contributed by atoms with Crippen LogP contribution in [0.3, 0.4) is 0 Å². The van der Waals surface area contributed by atoms with Crippen LogP contribution in [0.4, 0.5) is 0 Å². The number of H-pyrrole nitrogens is 1. The van der Waals surface area contributed by atoms with Crippen molar-refractivity contribution in [2.75, 3.05) is 27.2 Å². The zero-order valence-corrected chi connectivity index (χ0v) is 18.9. The lowest BCUT2D eigenvalue weighted by atomic mass is 10.2. The van der Waals surface area contributed by atoms with Crippen molar-refractivity contribution < 1.29 is 9.53 Å². The standard InChI is InChI=1S/C23H26ClN5O3/c1-29(2)14-13-25-21(30)12-11-20-23(31)26-22(28-27-20)16-7-9-18(10-8-16)32-15-17-5-3-4-6-19(17)24/h3-10H,11-15H2,1-2H3,(H,25,30)(H,26,28,31). The molecule has 0 bridgehead atoms. The van der Waals surface area contributed by atoms with Gasteiger partial charge in [-0.15, -0.1) is 10.2 Å². The molecule has 0 fully saturated rings. The van der Waals surface area contributed by atoms with Crippen LogP contribution < -0.4 is 15.6 Å². The van der Waals surface area contributed by atoms with Gasteiger partial charge in [0.2, 0.25) is 5.91 Å². The molecule has 3 rings (SSSR count). The maximum Gasteiger partial charge on any atom is 0.273 e. The molecule has 0 aliphatic rings. The Kier molecular flexibility index (Phi) is 8.35. The quantitative estimate of drug-likeness (QED) is 0.487. The fourth-order valence-electron chi connectivity index (χ4n) is 2.88. The number of ether oxygens (including phenoxy) is 1. The first kappa shape index (κ1) is 23.4. The molecule has 0 aliphatic heterocycles. The smallest absolute Gasteiger partial charge is 0.273 e. The minimum absolute atomic E-state index is 0.121. The lowest BCUT2D eigenvalue weighted by Crippen LogP contribution is -2.32. The SMILES string of the molecule is CN(C)CCNC(=O)CCc1nnc(-c2ccc(OCc3ccccc3Cl)cc2)[nH]c1=O. The summed E-state index contributed by atoms with van der Waals surface area (Å²) in [5.74, 6) is 0.900. The number of halogens is 1. The van der Waals surface area contributed by atoms with Gasteiger partial charge in [-0.2, -0.15) is 0 Å². The van der Waals surface area contributed by atoms with Crippen LogP contribution in [-0.4, -0.2) is 53.2 Å². The van der Waals surface area contributed by atoms with E-state index >= 15 is 0 Å². The number of carbonyl (C=O) groups is 1. The molecule has 3 aromatic rings. The van der Waals surface area contributed by atoms with E-state index in [0.29, 0.717) is 35.3 Å². The molecule has 1 amide bonds. The number of aryl methyl sites for hydroxylation is 1. The maximum absolute atomic E-state index is 12.4. The van der Waals surface area contributed by atoms with Crippen LogP contribution in [0.1, 0.15) is 17.7 Å². The second kappa shape index (κ2) is 11.4. The predicted molar refractivity (Wildman–Crippen MR) is 124 cm³/mol. The Morgan fingerprint density at radius 2 is 1.88 bits per heavy atom. The van der Waals surface area contributed by atoms with Gasteiger partial charge in [0.1, 0.15) is 18.1 Å². The van der Waals surface area contributed by atoms with Crippen LogP contribution >= 0.6 is 11.6 Å². The molecule has 0 saturated heterocycles. The van der Waals surface area contributed by atoms with Gasteiger partial charge >= 0.3 is 0 Å². The molecule has 0 aliphatic carbocycles. The third-order valence-corrected chi connectivity index (χ3v) is 5.08. The fraction of sp³-hybridized carbons (Fsp3) is 0.304. The Morgan fingerprint density at radius 3 is 2.56 bits per heavy atom. The highest BCUT2D eigenvalue weighted by Crippen LogP contribution is 2.21. The van der Waals surface area contributed by atoms with Crippen molar-refractivity contribution in [3.8, 4) is 17.1 Å². The van der Waals surface area contributed by atoms with E-state index in [9.17, 15) is 9.59 Å². The summed E-state index contributed by atoms with van der Waals surface area (Å²) in [5, 5.41) is 11.6. The number of amides is 1. The van der Waals surface area contributed by atoms with E-state index in [0.717, 1.165) is 12.1 Å². The van der Waals surface area contributed by atoms with Crippen molar-refractivity contribution in [1.29, 1.82) is 0 Å². The highest BCUT2D eigenvalue weighted by Gasteiger charge is 2.10. The van der Waals surface area contributed by atoms with Crippen molar-refractivity contribution >= 4 is 17.5 Å². The van der Waals surface area contributed by atoms with Crippen LogP contribution in [-0.2, 0) is 17.8 Å². The van der Waals surface area contributed by atoms with E-state index in [4.69, 9.17) is 16.3 Å². The zero-order valence-electron chi connectivity index (χ0n) is 18.1. The van der Waals surface area contributed by atoms with Gasteiger partial charge in [0.05, 0.1) is 0 Å². The van der Waals surface area contributed by atoms with Crippen molar-refractivity contribution in [3.63, 3.8) is 0 Å². The molecule has 32 heavy (non-hydrogen) atoms. The van der Waals surface area contributed by atoms with Gasteiger partial charge in [-0.05, 0) is 44.4 Å². The van der Waals surface area contributed by atoms with E-state index < -0.39 is 0 Å². The highest BCUT2D eigenvalue weighted by molar-refractivity contribution is 6.31. The van der Waals surface area contributed by atoms with Crippen LogP contribution in [0, 0.1) is 0 Å². The van der Waals surface area contributed by atoms with Gasteiger partial charge in [0.15, 0.2) is 5.82 Å². The molecular formula is C23H26ClN5O3. The molecule has 9 heteroatoms. The predicted octanol–water partition coefficient (Wildman–Crippen LogP) is 2.67. The maximum atomic E-state index is 12.4. The third-order valence-electron chi connectivity index (χ3n) is 4.71. The molecule has 0 spiro atoms. The van der Waals surface area contributed by atoms with Gasteiger partial charge < -0.3 is 19.9 Å². The van der Waals surface area contributed by atoms with Crippen LogP contribution in [0.15, 0.2) is 53.3 Å². The molecule has 2 N–H and O–H groups in total. The Labute approximate surface area is 191 Å². The van der Waals surface area contributed by atoms with Gasteiger partial charge in [0.25, 0.3) is 5.56 Å². The van der Waals surface area contributed by atoms with Gasteiger partial charge in [-0.3, -0.25) is 9.59 Å². The third kappa shape index (κ3) is 6.90. The fourth-order valence-corrected chi connectivity index (χ4v) is 3.07. The average Bonchev–Trinajstić information content (AvgIpc) is 2.78. The molecular weight excluding hydrogens is 430 g/mol. The molecule has 8 nitrogen and oxygen atoms in total. The summed E-state index contributed by atoms with van der Waals surface area (Å²) < 4.78 is 5.77. The number of nitrogens with one attached hydrogen (secondary N) is 2. The minimum Gasteiger partial charge on any atom is -0.489 e. The Hall–Kier alpha value is -3.23. The van der Waals surface area contributed by atoms with Crippen molar-refractivity contribution in [2.45, 2.75) is 19.4 Å². The molecule has 168 valence electrons. The van der Waals surface area contributed by atoms with Gasteiger partial charge in [-0.25, -0.2) is 0 Å². The summed E-state index contributed by atoms with van der Waals surface area (Å²) in [6, 6.07) is 14.7. The summed E-state index contributed by atoms with van der Waals surface area (Å²) in [7, 11) is 3.87. The minimum atomic E-state index is -0.352. The zero-order chi connectivity index (χ0) is 22.9. The second-order valence-electron chi connectivity index (χ2n) is 7.51. The van der Waals surface area contributed by atoms with Gasteiger partial charge in [0, 0.05) is 42.1 Å². The van der Waals surface area contributed by atoms with E-state index in [1.165, 1.54) is 0 Å². The number of benzene rings is 2.